The average Bonchev–Trinajstić information content (AvgIpc) is 2.62. The summed E-state index contributed by atoms with van der Waals surface area (Å²) in [6.45, 7) is 11.1. The van der Waals surface area contributed by atoms with E-state index in [0.717, 1.165) is 32.5 Å². The van der Waals surface area contributed by atoms with Crippen molar-refractivity contribution in [1.82, 2.24) is 9.80 Å². The Balaban J connectivity index is 2.04. The third-order valence-corrected chi connectivity index (χ3v) is 3.91. The lowest BCUT2D eigenvalue weighted by atomic mass is 9.83. The van der Waals surface area contributed by atoms with Gasteiger partial charge in [0.2, 0.25) is 5.91 Å². The lowest BCUT2D eigenvalue weighted by Crippen LogP contribution is -2.63. The van der Waals surface area contributed by atoms with Gasteiger partial charge in [-0.2, -0.15) is 0 Å². The number of amides is 1. The van der Waals surface area contributed by atoms with E-state index in [-0.39, 0.29) is 11.4 Å². The minimum atomic E-state index is 0.104. The molecule has 2 saturated heterocycles. The maximum atomic E-state index is 11.6. The van der Waals surface area contributed by atoms with E-state index in [1.165, 1.54) is 6.08 Å². The van der Waals surface area contributed by atoms with Crippen molar-refractivity contribution in [3.05, 3.63) is 12.7 Å². The summed E-state index contributed by atoms with van der Waals surface area (Å²) in [4.78, 5) is 16.1. The number of likely N-dealkylation sites (tertiary alicyclic amines) is 2. The first kappa shape index (κ1) is 10.7. The van der Waals surface area contributed by atoms with Gasteiger partial charge in [0.1, 0.15) is 0 Å². The van der Waals surface area contributed by atoms with Crippen LogP contribution in [-0.4, -0.2) is 46.9 Å². The highest BCUT2D eigenvalue weighted by Crippen LogP contribution is 2.39. The predicted octanol–water partition coefficient (Wildman–Crippen LogP) is 1.26. The van der Waals surface area contributed by atoms with Gasteiger partial charge in [0.05, 0.1) is 5.54 Å². The summed E-state index contributed by atoms with van der Waals surface area (Å²) in [6.07, 6.45) is 3.74. The van der Waals surface area contributed by atoms with Gasteiger partial charge in [-0.3, -0.25) is 9.69 Å². The summed E-state index contributed by atoms with van der Waals surface area (Å²) in [6, 6.07) is 0.589. The summed E-state index contributed by atoms with van der Waals surface area (Å²) >= 11 is 0. The minimum Gasteiger partial charge on any atom is -0.332 e. The molecule has 1 amide bonds. The molecule has 0 bridgehead atoms. The largest absolute Gasteiger partial charge is 0.332 e. The van der Waals surface area contributed by atoms with Crippen LogP contribution in [0.15, 0.2) is 12.7 Å². The second kappa shape index (κ2) is 3.63. The van der Waals surface area contributed by atoms with Crippen molar-refractivity contribution in [2.45, 2.75) is 38.3 Å². The summed E-state index contributed by atoms with van der Waals surface area (Å²) in [5.41, 5.74) is 0.148. The van der Waals surface area contributed by atoms with Crippen molar-refractivity contribution >= 4 is 5.91 Å². The highest BCUT2D eigenvalue weighted by molar-refractivity contribution is 5.88. The van der Waals surface area contributed by atoms with Crippen molar-refractivity contribution in [3.8, 4) is 0 Å². The van der Waals surface area contributed by atoms with Crippen LogP contribution in [0.5, 0.6) is 0 Å². The molecule has 1 atom stereocenters. The molecule has 0 saturated carbocycles. The Morgan fingerprint density at radius 3 is 2.47 bits per heavy atom. The molecule has 0 aromatic rings. The quantitative estimate of drug-likeness (QED) is 0.638. The molecule has 0 N–H and O–H groups in total. The molecule has 2 fully saturated rings. The molecule has 0 aliphatic carbocycles. The number of hydrogen-bond donors (Lipinski definition) is 0. The van der Waals surface area contributed by atoms with Crippen molar-refractivity contribution in [1.29, 1.82) is 0 Å². The van der Waals surface area contributed by atoms with Gasteiger partial charge < -0.3 is 4.90 Å². The SMILES string of the molecule is C=CC(=O)N1CC[C@@]12CCN(C(C)C)C2. The third-order valence-electron chi connectivity index (χ3n) is 3.91. The molecule has 2 rings (SSSR count). The van der Waals surface area contributed by atoms with Crippen molar-refractivity contribution in [2.75, 3.05) is 19.6 Å². The zero-order valence-electron chi connectivity index (χ0n) is 9.70. The van der Waals surface area contributed by atoms with Crippen LogP contribution in [0.1, 0.15) is 26.7 Å². The standard InChI is InChI=1S/C12H20N2O/c1-4-11(15)14-8-6-12(14)5-7-13(9-12)10(2)3/h4,10H,1,5-9H2,2-3H3/t12-/m1/s1. The second-order valence-corrected chi connectivity index (χ2v) is 4.98. The summed E-state index contributed by atoms with van der Waals surface area (Å²) in [5.74, 6) is 0.104. The average molecular weight is 208 g/mol. The monoisotopic (exact) mass is 208 g/mol. The highest BCUT2D eigenvalue weighted by atomic mass is 16.2. The van der Waals surface area contributed by atoms with Crippen LogP contribution >= 0.6 is 0 Å². The van der Waals surface area contributed by atoms with E-state index in [1.807, 2.05) is 4.90 Å². The zero-order chi connectivity index (χ0) is 11.1. The minimum absolute atomic E-state index is 0.104. The van der Waals surface area contributed by atoms with Gasteiger partial charge in [0.15, 0.2) is 0 Å². The van der Waals surface area contributed by atoms with Gasteiger partial charge >= 0.3 is 0 Å². The molecule has 15 heavy (non-hydrogen) atoms. The van der Waals surface area contributed by atoms with Gasteiger partial charge in [0, 0.05) is 25.7 Å². The van der Waals surface area contributed by atoms with Gasteiger partial charge in [-0.1, -0.05) is 6.58 Å². The van der Waals surface area contributed by atoms with Crippen LogP contribution in [-0.2, 0) is 4.79 Å². The fourth-order valence-electron chi connectivity index (χ4n) is 2.75. The Kier molecular flexibility index (Phi) is 2.59. The number of carbonyl (C=O) groups excluding carboxylic acids is 1. The lowest BCUT2D eigenvalue weighted by molar-refractivity contribution is -0.140. The number of rotatable bonds is 2. The zero-order valence-corrected chi connectivity index (χ0v) is 9.70. The Labute approximate surface area is 91.7 Å². The van der Waals surface area contributed by atoms with Crippen molar-refractivity contribution in [3.63, 3.8) is 0 Å². The van der Waals surface area contributed by atoms with E-state index in [2.05, 4.69) is 25.3 Å². The Bertz CT molecular complexity index is 287. The maximum absolute atomic E-state index is 11.6. The number of hydrogen-bond acceptors (Lipinski definition) is 2. The van der Waals surface area contributed by atoms with Crippen LogP contribution in [0, 0.1) is 0 Å². The third kappa shape index (κ3) is 1.59. The molecule has 3 nitrogen and oxygen atoms in total. The molecule has 0 radical (unpaired) electrons. The molecule has 0 unspecified atom stereocenters. The van der Waals surface area contributed by atoms with E-state index in [0.29, 0.717) is 6.04 Å². The highest BCUT2D eigenvalue weighted by Gasteiger charge is 2.50. The van der Waals surface area contributed by atoms with E-state index < -0.39 is 0 Å². The molecule has 0 aromatic carbocycles. The molecule has 1 spiro atoms. The predicted molar refractivity (Wildman–Crippen MR) is 60.6 cm³/mol. The summed E-state index contributed by atoms with van der Waals surface area (Å²) < 4.78 is 0. The Morgan fingerprint density at radius 1 is 1.40 bits per heavy atom. The van der Waals surface area contributed by atoms with Crippen molar-refractivity contribution < 1.29 is 4.79 Å². The molecule has 0 aromatic heterocycles. The Hall–Kier alpha value is -0.830. The van der Waals surface area contributed by atoms with Gasteiger partial charge in [-0.15, -0.1) is 0 Å². The van der Waals surface area contributed by atoms with E-state index in [9.17, 15) is 4.79 Å². The fourth-order valence-corrected chi connectivity index (χ4v) is 2.75. The molecule has 3 heteroatoms. The molecular weight excluding hydrogens is 188 g/mol. The van der Waals surface area contributed by atoms with Crippen LogP contribution in [0.3, 0.4) is 0 Å². The maximum Gasteiger partial charge on any atom is 0.246 e. The first-order chi connectivity index (χ1) is 7.09. The number of carbonyl (C=O) groups is 1. The first-order valence-electron chi connectivity index (χ1n) is 5.77. The van der Waals surface area contributed by atoms with Gasteiger partial charge in [-0.05, 0) is 32.8 Å². The van der Waals surface area contributed by atoms with Crippen LogP contribution in [0.25, 0.3) is 0 Å². The Morgan fingerprint density at radius 2 is 2.07 bits per heavy atom. The number of nitrogens with zero attached hydrogens (tertiary/aromatic N) is 2. The van der Waals surface area contributed by atoms with E-state index >= 15 is 0 Å². The first-order valence-corrected chi connectivity index (χ1v) is 5.77. The normalized spacial score (nSPS) is 31.0. The topological polar surface area (TPSA) is 23.6 Å². The van der Waals surface area contributed by atoms with E-state index in [4.69, 9.17) is 0 Å². The molecule has 2 aliphatic heterocycles. The molecular formula is C12H20N2O. The molecule has 2 heterocycles. The second-order valence-electron chi connectivity index (χ2n) is 4.98. The lowest BCUT2D eigenvalue weighted by Gasteiger charge is -2.50. The molecule has 84 valence electrons. The summed E-state index contributed by atoms with van der Waals surface area (Å²) in [5, 5.41) is 0. The van der Waals surface area contributed by atoms with Crippen LogP contribution in [0.4, 0.5) is 0 Å². The molecule has 2 aliphatic rings. The van der Waals surface area contributed by atoms with Crippen LogP contribution < -0.4 is 0 Å². The van der Waals surface area contributed by atoms with Gasteiger partial charge in [0.25, 0.3) is 0 Å². The van der Waals surface area contributed by atoms with E-state index in [1.54, 1.807) is 0 Å². The smallest absolute Gasteiger partial charge is 0.246 e. The fraction of sp³-hybridized carbons (Fsp3) is 0.750. The van der Waals surface area contributed by atoms with Gasteiger partial charge in [-0.25, -0.2) is 0 Å². The van der Waals surface area contributed by atoms with Crippen LogP contribution in [0.2, 0.25) is 0 Å². The summed E-state index contributed by atoms with van der Waals surface area (Å²) in [7, 11) is 0. The van der Waals surface area contributed by atoms with Crippen molar-refractivity contribution in [2.24, 2.45) is 0 Å².